The lowest BCUT2D eigenvalue weighted by atomic mass is 10.1. The Morgan fingerprint density at radius 2 is 2.06 bits per heavy atom. The molecule has 0 spiro atoms. The second-order valence-electron chi connectivity index (χ2n) is 5.30. The van der Waals surface area contributed by atoms with Gasteiger partial charge < -0.3 is 10.1 Å². The van der Waals surface area contributed by atoms with Gasteiger partial charge in [0, 0.05) is 6.04 Å². The average molecular weight is 247 g/mol. The van der Waals surface area contributed by atoms with Crippen molar-refractivity contribution < 1.29 is 4.74 Å². The monoisotopic (exact) mass is 247 g/mol. The smallest absolute Gasteiger partial charge is 0.119 e. The third kappa shape index (κ3) is 5.09. The fourth-order valence-corrected chi connectivity index (χ4v) is 2.15. The van der Waals surface area contributed by atoms with Crippen molar-refractivity contribution in [2.75, 3.05) is 13.2 Å². The minimum Gasteiger partial charge on any atom is -0.492 e. The molecule has 0 heterocycles. The number of para-hydroxylation sites is 1. The quantitative estimate of drug-likeness (QED) is 0.719. The van der Waals surface area contributed by atoms with Crippen LogP contribution in [0.3, 0.4) is 0 Å². The van der Waals surface area contributed by atoms with E-state index in [2.05, 4.69) is 12.2 Å². The van der Waals surface area contributed by atoms with Gasteiger partial charge in [-0.3, -0.25) is 0 Å². The lowest BCUT2D eigenvalue weighted by molar-refractivity contribution is 0.253. The maximum atomic E-state index is 5.86. The lowest BCUT2D eigenvalue weighted by Gasteiger charge is -2.19. The molecule has 1 fully saturated rings. The van der Waals surface area contributed by atoms with Gasteiger partial charge in [-0.25, -0.2) is 0 Å². The Morgan fingerprint density at radius 3 is 2.72 bits per heavy atom. The fourth-order valence-electron chi connectivity index (χ4n) is 2.15. The number of rotatable bonds is 9. The van der Waals surface area contributed by atoms with Gasteiger partial charge in [-0.15, -0.1) is 0 Å². The van der Waals surface area contributed by atoms with Gasteiger partial charge in [0.25, 0.3) is 0 Å². The van der Waals surface area contributed by atoms with Crippen molar-refractivity contribution in [3.63, 3.8) is 0 Å². The summed E-state index contributed by atoms with van der Waals surface area (Å²) in [4.78, 5) is 0. The minimum absolute atomic E-state index is 0.505. The molecule has 0 aliphatic heterocycles. The van der Waals surface area contributed by atoms with Crippen LogP contribution in [0.4, 0.5) is 0 Å². The second kappa shape index (κ2) is 7.42. The van der Waals surface area contributed by atoms with E-state index >= 15 is 0 Å². The molecular weight excluding hydrogens is 222 g/mol. The molecular formula is C16H25NO. The van der Waals surface area contributed by atoms with E-state index in [1.165, 1.54) is 32.1 Å². The first-order chi connectivity index (χ1) is 8.88. The van der Waals surface area contributed by atoms with Crippen LogP contribution in [0.25, 0.3) is 0 Å². The molecule has 2 heteroatoms. The van der Waals surface area contributed by atoms with Gasteiger partial charge in [0.15, 0.2) is 0 Å². The Labute approximate surface area is 111 Å². The van der Waals surface area contributed by atoms with E-state index in [1.54, 1.807) is 0 Å². The van der Waals surface area contributed by atoms with Gasteiger partial charge in [-0.1, -0.05) is 38.0 Å². The predicted molar refractivity (Wildman–Crippen MR) is 76.0 cm³/mol. The highest BCUT2D eigenvalue weighted by molar-refractivity contribution is 5.20. The van der Waals surface area contributed by atoms with Crippen LogP contribution in [0.1, 0.15) is 39.0 Å². The topological polar surface area (TPSA) is 21.3 Å². The van der Waals surface area contributed by atoms with Crippen LogP contribution < -0.4 is 10.1 Å². The number of benzene rings is 1. The van der Waals surface area contributed by atoms with Crippen molar-refractivity contribution in [1.82, 2.24) is 5.32 Å². The van der Waals surface area contributed by atoms with Crippen LogP contribution >= 0.6 is 0 Å². The lowest BCUT2D eigenvalue weighted by Crippen LogP contribution is -2.35. The van der Waals surface area contributed by atoms with Crippen LogP contribution in [-0.4, -0.2) is 19.2 Å². The summed E-state index contributed by atoms with van der Waals surface area (Å²) in [6.07, 6.45) is 6.68. The summed E-state index contributed by atoms with van der Waals surface area (Å²) in [6.45, 7) is 4.09. The summed E-state index contributed by atoms with van der Waals surface area (Å²) in [7, 11) is 0. The molecule has 1 unspecified atom stereocenters. The van der Waals surface area contributed by atoms with Crippen LogP contribution in [0.2, 0.25) is 0 Å². The fraction of sp³-hybridized carbons (Fsp3) is 0.625. The molecule has 0 amide bonds. The van der Waals surface area contributed by atoms with Gasteiger partial charge in [0.1, 0.15) is 12.4 Å². The highest BCUT2D eigenvalue weighted by Crippen LogP contribution is 2.33. The summed E-state index contributed by atoms with van der Waals surface area (Å²) in [5.41, 5.74) is 0. The summed E-state index contributed by atoms with van der Waals surface area (Å²) in [5.74, 6) is 1.99. The number of ether oxygens (including phenoxy) is 1. The van der Waals surface area contributed by atoms with Crippen molar-refractivity contribution in [1.29, 1.82) is 0 Å². The number of nitrogens with one attached hydrogen (secondary N) is 1. The average Bonchev–Trinajstić information content (AvgIpc) is 3.23. The van der Waals surface area contributed by atoms with Gasteiger partial charge >= 0.3 is 0 Å². The Kier molecular flexibility index (Phi) is 5.53. The molecule has 2 rings (SSSR count). The van der Waals surface area contributed by atoms with Crippen molar-refractivity contribution >= 4 is 0 Å². The molecule has 100 valence electrons. The van der Waals surface area contributed by atoms with Crippen molar-refractivity contribution in [3.05, 3.63) is 30.3 Å². The summed E-state index contributed by atoms with van der Waals surface area (Å²) < 4.78 is 5.86. The normalized spacial score (nSPS) is 16.5. The zero-order valence-corrected chi connectivity index (χ0v) is 11.4. The Morgan fingerprint density at radius 1 is 1.28 bits per heavy atom. The van der Waals surface area contributed by atoms with Crippen LogP contribution in [0.15, 0.2) is 30.3 Å². The third-order valence-corrected chi connectivity index (χ3v) is 3.50. The van der Waals surface area contributed by atoms with Gasteiger partial charge in [-0.2, -0.15) is 0 Å². The third-order valence-electron chi connectivity index (χ3n) is 3.50. The standard InChI is InChI=1S/C16H25NO/c1-2-12-17-15(11-10-14-8-9-14)13-18-16-6-4-3-5-7-16/h3-7,14-15,17H,2,8-13H2,1H3. The number of hydrogen-bond donors (Lipinski definition) is 1. The first kappa shape index (κ1) is 13.4. The van der Waals surface area contributed by atoms with E-state index in [4.69, 9.17) is 4.74 Å². The van der Waals surface area contributed by atoms with Crippen LogP contribution in [0.5, 0.6) is 5.75 Å². The summed E-state index contributed by atoms with van der Waals surface area (Å²) in [6, 6.07) is 10.6. The molecule has 0 radical (unpaired) electrons. The molecule has 2 nitrogen and oxygen atoms in total. The molecule has 1 aliphatic rings. The van der Waals surface area contributed by atoms with Crippen molar-refractivity contribution in [2.24, 2.45) is 5.92 Å². The highest BCUT2D eigenvalue weighted by Gasteiger charge is 2.22. The van der Waals surface area contributed by atoms with Crippen LogP contribution in [-0.2, 0) is 0 Å². The Bertz CT molecular complexity index is 321. The van der Waals surface area contributed by atoms with E-state index in [0.717, 1.165) is 24.8 Å². The van der Waals surface area contributed by atoms with E-state index in [0.29, 0.717) is 6.04 Å². The maximum absolute atomic E-state index is 5.86. The van der Waals surface area contributed by atoms with E-state index in [1.807, 2.05) is 30.3 Å². The zero-order chi connectivity index (χ0) is 12.6. The van der Waals surface area contributed by atoms with Crippen molar-refractivity contribution in [2.45, 2.75) is 45.1 Å². The van der Waals surface area contributed by atoms with Crippen LogP contribution in [0, 0.1) is 5.92 Å². The molecule has 1 N–H and O–H groups in total. The molecule has 18 heavy (non-hydrogen) atoms. The van der Waals surface area contributed by atoms with E-state index in [9.17, 15) is 0 Å². The molecule has 1 aromatic rings. The minimum atomic E-state index is 0.505. The number of hydrogen-bond acceptors (Lipinski definition) is 2. The predicted octanol–water partition coefficient (Wildman–Crippen LogP) is 3.62. The summed E-state index contributed by atoms with van der Waals surface area (Å²) >= 11 is 0. The second-order valence-corrected chi connectivity index (χ2v) is 5.30. The first-order valence-corrected chi connectivity index (χ1v) is 7.29. The molecule has 0 saturated heterocycles. The SMILES string of the molecule is CCCNC(CCC1CC1)COc1ccccc1. The molecule has 1 atom stereocenters. The zero-order valence-electron chi connectivity index (χ0n) is 11.4. The first-order valence-electron chi connectivity index (χ1n) is 7.29. The van der Waals surface area contributed by atoms with Crippen molar-refractivity contribution in [3.8, 4) is 5.75 Å². The Balaban J connectivity index is 1.72. The molecule has 1 aliphatic carbocycles. The van der Waals surface area contributed by atoms with E-state index < -0.39 is 0 Å². The molecule has 1 saturated carbocycles. The van der Waals surface area contributed by atoms with Gasteiger partial charge in [0.2, 0.25) is 0 Å². The van der Waals surface area contributed by atoms with E-state index in [-0.39, 0.29) is 0 Å². The van der Waals surface area contributed by atoms with Gasteiger partial charge in [-0.05, 0) is 43.9 Å². The van der Waals surface area contributed by atoms with Gasteiger partial charge in [0.05, 0.1) is 0 Å². The Hall–Kier alpha value is -1.02. The summed E-state index contributed by atoms with van der Waals surface area (Å²) in [5, 5.41) is 3.60. The molecule has 1 aromatic carbocycles. The molecule has 0 aromatic heterocycles. The largest absolute Gasteiger partial charge is 0.492 e. The highest BCUT2D eigenvalue weighted by atomic mass is 16.5. The maximum Gasteiger partial charge on any atom is 0.119 e. The molecule has 0 bridgehead atoms.